The van der Waals surface area contributed by atoms with Gasteiger partial charge >= 0.3 is 6.01 Å². The van der Waals surface area contributed by atoms with Gasteiger partial charge in [-0.3, -0.25) is 14.5 Å². The predicted molar refractivity (Wildman–Crippen MR) is 126 cm³/mol. The minimum atomic E-state index is -0.544. The van der Waals surface area contributed by atoms with E-state index in [1.807, 2.05) is 16.6 Å². The van der Waals surface area contributed by atoms with E-state index in [1.54, 1.807) is 35.1 Å². The van der Waals surface area contributed by atoms with Crippen molar-refractivity contribution >= 4 is 0 Å². The molecule has 1 aliphatic heterocycles. The molecule has 2 aromatic heterocycles. The third-order valence-corrected chi connectivity index (χ3v) is 5.72. The summed E-state index contributed by atoms with van der Waals surface area (Å²) in [5.74, 6) is -0.957. The van der Waals surface area contributed by atoms with Gasteiger partial charge in [0, 0.05) is 12.7 Å². The van der Waals surface area contributed by atoms with E-state index in [-0.39, 0.29) is 17.3 Å². The molecule has 2 aromatic carbocycles. The Morgan fingerprint density at radius 1 is 1.03 bits per heavy atom. The van der Waals surface area contributed by atoms with Crippen LogP contribution in [0.4, 0.5) is 8.78 Å². The predicted octanol–water partition coefficient (Wildman–Crippen LogP) is 3.83. The fraction of sp³-hybridized carbons (Fsp3) is 0.240. The molecule has 4 aromatic rings. The second-order valence-corrected chi connectivity index (χ2v) is 7.86. The van der Waals surface area contributed by atoms with Crippen molar-refractivity contribution in [2.24, 2.45) is 0 Å². The number of nitrogens with zero attached hydrogens (tertiary/aromatic N) is 5. The maximum atomic E-state index is 14.1. The molecule has 10 heteroatoms. The molecule has 180 valence electrons. The maximum absolute atomic E-state index is 14.1. The zero-order chi connectivity index (χ0) is 24.4. The van der Waals surface area contributed by atoms with Crippen molar-refractivity contribution in [3.63, 3.8) is 0 Å². The van der Waals surface area contributed by atoms with Gasteiger partial charge in [0.2, 0.25) is 0 Å². The summed E-state index contributed by atoms with van der Waals surface area (Å²) >= 11 is 0. The molecule has 0 radical (unpaired) electrons. The first-order chi connectivity index (χ1) is 17.1. The zero-order valence-corrected chi connectivity index (χ0v) is 19.0. The van der Waals surface area contributed by atoms with Crippen LogP contribution in [0, 0.1) is 11.6 Å². The molecule has 1 fully saturated rings. The van der Waals surface area contributed by atoms with Gasteiger partial charge in [-0.15, -0.1) is 0 Å². The van der Waals surface area contributed by atoms with Crippen LogP contribution in [0.15, 0.2) is 65.6 Å². The summed E-state index contributed by atoms with van der Waals surface area (Å²) in [7, 11) is 0. The van der Waals surface area contributed by atoms with Gasteiger partial charge in [0.1, 0.15) is 5.82 Å². The van der Waals surface area contributed by atoms with Crippen molar-refractivity contribution < 1.29 is 18.3 Å². The lowest BCUT2D eigenvalue weighted by Gasteiger charge is -2.30. The van der Waals surface area contributed by atoms with Gasteiger partial charge in [0.05, 0.1) is 43.3 Å². The highest BCUT2D eigenvalue weighted by Gasteiger charge is 2.27. The minimum absolute atomic E-state index is 0.0119. The van der Waals surface area contributed by atoms with Crippen LogP contribution in [0.25, 0.3) is 22.5 Å². The average Bonchev–Trinajstić information content (AvgIpc) is 3.18. The second-order valence-electron chi connectivity index (χ2n) is 7.86. The van der Waals surface area contributed by atoms with Gasteiger partial charge in [-0.1, -0.05) is 24.3 Å². The molecule has 0 saturated carbocycles. The summed E-state index contributed by atoms with van der Waals surface area (Å²) in [5.41, 5.74) is 1.60. The van der Waals surface area contributed by atoms with Crippen molar-refractivity contribution in [3.05, 3.63) is 82.8 Å². The summed E-state index contributed by atoms with van der Waals surface area (Å²) in [6.07, 6.45) is 1.49. The van der Waals surface area contributed by atoms with E-state index in [1.165, 1.54) is 30.5 Å². The van der Waals surface area contributed by atoms with E-state index in [2.05, 4.69) is 9.97 Å². The number of benzene rings is 2. The largest absolute Gasteiger partial charge is 0.421 e. The lowest BCUT2D eigenvalue weighted by atomic mass is 10.0. The molecule has 35 heavy (non-hydrogen) atoms. The van der Waals surface area contributed by atoms with E-state index in [0.29, 0.717) is 55.4 Å². The molecule has 0 amide bonds. The van der Waals surface area contributed by atoms with E-state index < -0.39 is 11.6 Å². The Kier molecular flexibility index (Phi) is 6.28. The molecular formula is C25H23F2N5O3. The summed E-state index contributed by atoms with van der Waals surface area (Å²) < 4.78 is 40.7. The standard InChI is InChI=1S/C25H23F2N5O3/c1-2-31-23(20-11-12-28-25(29-20)35-21-6-4-3-5-19(21)27)22(17-7-9-18(26)10-8-17)24(33)32(31)30-13-15-34-16-14-30/h3-12H,2,13-16H2,1H3. The van der Waals surface area contributed by atoms with Crippen molar-refractivity contribution in [1.82, 2.24) is 19.4 Å². The first-order valence-corrected chi connectivity index (χ1v) is 11.3. The maximum Gasteiger partial charge on any atom is 0.322 e. The average molecular weight is 479 g/mol. The van der Waals surface area contributed by atoms with Crippen LogP contribution in [0.2, 0.25) is 0 Å². The Bertz CT molecular complexity index is 1400. The molecule has 8 nitrogen and oxygen atoms in total. The van der Waals surface area contributed by atoms with Gasteiger partial charge in [-0.05, 0) is 42.8 Å². The highest BCUT2D eigenvalue weighted by Crippen LogP contribution is 2.31. The van der Waals surface area contributed by atoms with Crippen LogP contribution < -0.4 is 15.3 Å². The van der Waals surface area contributed by atoms with Crippen molar-refractivity contribution in [2.75, 3.05) is 31.3 Å². The topological polar surface area (TPSA) is 74.4 Å². The molecule has 0 aliphatic carbocycles. The number of halogens is 2. The third-order valence-electron chi connectivity index (χ3n) is 5.72. The summed E-state index contributed by atoms with van der Waals surface area (Å²) in [5, 5.41) is 1.92. The molecule has 0 atom stereocenters. The molecule has 3 heterocycles. The number of aromatic nitrogens is 4. The van der Waals surface area contributed by atoms with Crippen LogP contribution in [-0.4, -0.2) is 45.7 Å². The van der Waals surface area contributed by atoms with Crippen molar-refractivity contribution in [1.29, 1.82) is 0 Å². The van der Waals surface area contributed by atoms with Crippen molar-refractivity contribution in [3.8, 4) is 34.3 Å². The monoisotopic (exact) mass is 479 g/mol. The summed E-state index contributed by atoms with van der Waals surface area (Å²) in [6, 6.07) is 13.3. The van der Waals surface area contributed by atoms with E-state index in [4.69, 9.17) is 9.47 Å². The number of rotatable bonds is 6. The van der Waals surface area contributed by atoms with Crippen LogP contribution in [-0.2, 0) is 11.3 Å². The van der Waals surface area contributed by atoms with Gasteiger partial charge < -0.3 is 9.47 Å². The smallest absolute Gasteiger partial charge is 0.322 e. The van der Waals surface area contributed by atoms with Gasteiger partial charge in [0.25, 0.3) is 5.56 Å². The summed E-state index contributed by atoms with van der Waals surface area (Å²) in [6.45, 7) is 4.45. The van der Waals surface area contributed by atoms with Gasteiger partial charge in [-0.25, -0.2) is 13.8 Å². The Labute approximate surface area is 199 Å². The van der Waals surface area contributed by atoms with Crippen LogP contribution in [0.1, 0.15) is 6.92 Å². The second kappa shape index (κ2) is 9.67. The van der Waals surface area contributed by atoms with E-state index in [0.717, 1.165) is 0 Å². The van der Waals surface area contributed by atoms with Crippen LogP contribution >= 0.6 is 0 Å². The minimum Gasteiger partial charge on any atom is -0.421 e. The van der Waals surface area contributed by atoms with Gasteiger partial charge in [-0.2, -0.15) is 9.77 Å². The Balaban J connectivity index is 1.68. The molecule has 0 unspecified atom stereocenters. The quantitative estimate of drug-likeness (QED) is 0.419. The normalized spacial score (nSPS) is 13.7. The molecular weight excluding hydrogens is 456 g/mol. The van der Waals surface area contributed by atoms with Gasteiger partial charge in [0.15, 0.2) is 11.6 Å². The highest BCUT2D eigenvalue weighted by atomic mass is 19.1. The van der Waals surface area contributed by atoms with Crippen molar-refractivity contribution in [2.45, 2.75) is 13.5 Å². The molecule has 5 rings (SSSR count). The highest BCUT2D eigenvalue weighted by molar-refractivity contribution is 5.79. The molecule has 0 spiro atoms. The fourth-order valence-electron chi connectivity index (χ4n) is 4.14. The fourth-order valence-corrected chi connectivity index (χ4v) is 4.14. The molecule has 1 aliphatic rings. The van der Waals surface area contributed by atoms with E-state index in [9.17, 15) is 13.6 Å². The molecule has 0 bridgehead atoms. The first kappa shape index (κ1) is 22.7. The number of para-hydroxylation sites is 1. The Morgan fingerprint density at radius 2 is 1.77 bits per heavy atom. The zero-order valence-electron chi connectivity index (χ0n) is 19.0. The lowest BCUT2D eigenvalue weighted by Crippen LogP contribution is -2.50. The van der Waals surface area contributed by atoms with Crippen LogP contribution in [0.5, 0.6) is 11.8 Å². The summed E-state index contributed by atoms with van der Waals surface area (Å²) in [4.78, 5) is 24.0. The Hall–Kier alpha value is -4.05. The lowest BCUT2D eigenvalue weighted by molar-refractivity contribution is 0.105. The third kappa shape index (κ3) is 4.40. The first-order valence-electron chi connectivity index (χ1n) is 11.3. The number of ether oxygens (including phenoxy) is 2. The number of morpholine rings is 1. The Morgan fingerprint density at radius 3 is 2.49 bits per heavy atom. The number of hydrogen-bond acceptors (Lipinski definition) is 6. The van der Waals surface area contributed by atoms with Crippen LogP contribution in [0.3, 0.4) is 0 Å². The van der Waals surface area contributed by atoms with E-state index >= 15 is 0 Å². The number of hydrogen-bond donors (Lipinski definition) is 0. The molecule has 1 saturated heterocycles. The molecule has 0 N–H and O–H groups in total. The SMILES string of the molecule is CCn1c(-c2ccnc(Oc3ccccc3F)n2)c(-c2ccc(F)cc2)c(=O)n1N1CCOCC1.